The van der Waals surface area contributed by atoms with Crippen molar-refractivity contribution >= 4 is 34.2 Å². The highest BCUT2D eigenvalue weighted by Gasteiger charge is 2.24. The van der Waals surface area contributed by atoms with E-state index in [-0.39, 0.29) is 18.3 Å². The Morgan fingerprint density at radius 3 is 2.80 bits per heavy atom. The van der Waals surface area contributed by atoms with Gasteiger partial charge in [0.1, 0.15) is 0 Å². The molecule has 0 spiro atoms. The van der Waals surface area contributed by atoms with E-state index in [2.05, 4.69) is 26.3 Å². The van der Waals surface area contributed by atoms with Crippen LogP contribution in [0.3, 0.4) is 0 Å². The monoisotopic (exact) mass is 426 g/mol. The van der Waals surface area contributed by atoms with Crippen LogP contribution >= 0.6 is 28.3 Å². The first-order valence-electron chi connectivity index (χ1n) is 8.42. The number of likely N-dealkylation sites (tertiary alicyclic amines) is 1. The number of nitrogens with one attached hydrogen (secondary N) is 1. The second-order valence-electron chi connectivity index (χ2n) is 6.28. The highest BCUT2D eigenvalue weighted by Crippen LogP contribution is 2.22. The normalized spacial score (nSPS) is 15.0. The van der Waals surface area contributed by atoms with Crippen LogP contribution in [-0.4, -0.2) is 47.3 Å². The second kappa shape index (κ2) is 9.36. The highest BCUT2D eigenvalue weighted by molar-refractivity contribution is 9.10. The van der Waals surface area contributed by atoms with Crippen LogP contribution in [0.15, 0.2) is 41.1 Å². The molecule has 25 heavy (non-hydrogen) atoms. The van der Waals surface area contributed by atoms with E-state index in [9.17, 15) is 4.79 Å². The van der Waals surface area contributed by atoms with Gasteiger partial charge in [-0.25, -0.2) is 4.68 Å². The summed E-state index contributed by atoms with van der Waals surface area (Å²) in [5.74, 6) is 0.814. The molecular formula is C18H24BrClN4O. The molecule has 136 valence electrons. The first-order chi connectivity index (χ1) is 11.7. The molecule has 0 saturated carbocycles. The number of aromatic nitrogens is 2. The number of halogens is 2. The number of nitrogens with zero attached hydrogens (tertiary/aromatic N) is 3. The molecule has 7 heteroatoms. The van der Waals surface area contributed by atoms with Crippen molar-refractivity contribution in [1.82, 2.24) is 20.0 Å². The summed E-state index contributed by atoms with van der Waals surface area (Å²) in [6, 6.07) is 7.88. The van der Waals surface area contributed by atoms with Crippen molar-refractivity contribution in [3.8, 4) is 5.69 Å². The Morgan fingerprint density at radius 1 is 1.36 bits per heavy atom. The molecule has 0 aliphatic carbocycles. The van der Waals surface area contributed by atoms with Gasteiger partial charge in [0.2, 0.25) is 0 Å². The van der Waals surface area contributed by atoms with E-state index in [0.717, 1.165) is 48.6 Å². The van der Waals surface area contributed by atoms with Gasteiger partial charge in [0.25, 0.3) is 5.91 Å². The summed E-state index contributed by atoms with van der Waals surface area (Å²) in [5.41, 5.74) is 1.60. The zero-order valence-corrected chi connectivity index (χ0v) is 16.7. The molecule has 1 aromatic carbocycles. The maximum atomic E-state index is 12.7. The van der Waals surface area contributed by atoms with Crippen molar-refractivity contribution < 1.29 is 4.79 Å². The van der Waals surface area contributed by atoms with Crippen LogP contribution in [0, 0.1) is 5.92 Å². The number of carbonyl (C=O) groups is 1. The number of rotatable bonds is 5. The Hall–Kier alpha value is -1.37. The lowest BCUT2D eigenvalue weighted by Gasteiger charge is -2.31. The average Bonchev–Trinajstić information content (AvgIpc) is 3.10. The molecule has 1 aromatic heterocycles. The molecule has 3 rings (SSSR count). The fourth-order valence-corrected chi connectivity index (χ4v) is 3.54. The van der Waals surface area contributed by atoms with Crippen molar-refractivity contribution in [3.05, 3.63) is 46.7 Å². The summed E-state index contributed by atoms with van der Waals surface area (Å²) in [6.45, 7) is 2.74. The maximum Gasteiger partial charge on any atom is 0.257 e. The van der Waals surface area contributed by atoms with Crippen LogP contribution < -0.4 is 5.32 Å². The molecule has 2 heterocycles. The molecule has 1 aliphatic rings. The summed E-state index contributed by atoms with van der Waals surface area (Å²) in [6.07, 6.45) is 6.85. The molecule has 0 unspecified atom stereocenters. The van der Waals surface area contributed by atoms with Crippen molar-refractivity contribution in [2.75, 3.05) is 26.7 Å². The van der Waals surface area contributed by atoms with Gasteiger partial charge in [0.05, 0.1) is 17.4 Å². The van der Waals surface area contributed by atoms with Crippen molar-refractivity contribution in [3.63, 3.8) is 0 Å². The van der Waals surface area contributed by atoms with Crippen LogP contribution in [0.5, 0.6) is 0 Å². The quantitative estimate of drug-likeness (QED) is 0.794. The lowest BCUT2D eigenvalue weighted by atomic mass is 9.93. The standard InChI is InChI=1S/C18H23BrN4O.ClH/c1-20-8-5-14-6-9-22(10-7-14)18(24)15-12-21-23(13-15)17-4-2-3-16(19)11-17;/h2-4,11-14,20H,5-10H2,1H3;1H. The average molecular weight is 428 g/mol. The van der Waals surface area contributed by atoms with Crippen LogP contribution in [0.2, 0.25) is 0 Å². The molecule has 5 nitrogen and oxygen atoms in total. The summed E-state index contributed by atoms with van der Waals surface area (Å²) in [5, 5.41) is 7.54. The molecule has 0 atom stereocenters. The maximum absolute atomic E-state index is 12.7. The number of amides is 1. The molecule has 0 bridgehead atoms. The third-order valence-corrected chi connectivity index (χ3v) is 5.10. The minimum atomic E-state index is 0. The minimum absolute atomic E-state index is 0. The highest BCUT2D eigenvalue weighted by atomic mass is 79.9. The second-order valence-corrected chi connectivity index (χ2v) is 7.20. The first kappa shape index (κ1) is 19.9. The number of carbonyl (C=O) groups excluding carboxylic acids is 1. The lowest BCUT2D eigenvalue weighted by Crippen LogP contribution is -2.38. The Balaban J connectivity index is 0.00000225. The summed E-state index contributed by atoms with van der Waals surface area (Å²) in [4.78, 5) is 14.6. The smallest absolute Gasteiger partial charge is 0.257 e. The van der Waals surface area contributed by atoms with E-state index in [4.69, 9.17) is 0 Å². The van der Waals surface area contributed by atoms with Gasteiger partial charge in [-0.1, -0.05) is 22.0 Å². The van der Waals surface area contributed by atoms with Crippen LogP contribution in [0.1, 0.15) is 29.6 Å². The largest absolute Gasteiger partial charge is 0.339 e. The van der Waals surface area contributed by atoms with Gasteiger partial charge in [-0.2, -0.15) is 5.10 Å². The van der Waals surface area contributed by atoms with Gasteiger partial charge in [0, 0.05) is 23.8 Å². The zero-order valence-electron chi connectivity index (χ0n) is 14.3. The molecule has 1 N–H and O–H groups in total. The van der Waals surface area contributed by atoms with Gasteiger partial charge < -0.3 is 10.2 Å². The molecule has 1 aliphatic heterocycles. The molecule has 2 aromatic rings. The zero-order chi connectivity index (χ0) is 16.9. The summed E-state index contributed by atoms with van der Waals surface area (Å²) < 4.78 is 2.74. The predicted octanol–water partition coefficient (Wildman–Crippen LogP) is 3.52. The van der Waals surface area contributed by atoms with Gasteiger partial charge >= 0.3 is 0 Å². The molecular weight excluding hydrogens is 404 g/mol. The lowest BCUT2D eigenvalue weighted by molar-refractivity contribution is 0.0687. The SMILES string of the molecule is CNCCC1CCN(C(=O)c2cnn(-c3cccc(Br)c3)c2)CC1.Cl. The van der Waals surface area contributed by atoms with Gasteiger partial charge in [-0.15, -0.1) is 12.4 Å². The van der Waals surface area contributed by atoms with Crippen LogP contribution in [0.25, 0.3) is 5.69 Å². The Bertz CT molecular complexity index is 698. The Labute approximate surface area is 163 Å². The van der Waals surface area contributed by atoms with Crippen LogP contribution in [-0.2, 0) is 0 Å². The summed E-state index contributed by atoms with van der Waals surface area (Å²) >= 11 is 3.46. The van der Waals surface area contributed by atoms with E-state index < -0.39 is 0 Å². The van der Waals surface area contributed by atoms with E-state index in [1.165, 1.54) is 6.42 Å². The number of hydrogen-bond donors (Lipinski definition) is 1. The van der Waals surface area contributed by atoms with Crippen molar-refractivity contribution in [2.45, 2.75) is 19.3 Å². The van der Waals surface area contributed by atoms with Gasteiger partial charge in [-0.3, -0.25) is 4.79 Å². The predicted molar refractivity (Wildman–Crippen MR) is 106 cm³/mol. The minimum Gasteiger partial charge on any atom is -0.339 e. The number of piperidine rings is 1. The van der Waals surface area contributed by atoms with E-state index in [0.29, 0.717) is 5.56 Å². The third kappa shape index (κ3) is 5.06. The topological polar surface area (TPSA) is 50.2 Å². The molecule has 0 radical (unpaired) electrons. The molecule has 1 saturated heterocycles. The van der Waals surface area contributed by atoms with E-state index in [1.54, 1.807) is 10.9 Å². The Morgan fingerprint density at radius 2 is 2.12 bits per heavy atom. The number of hydrogen-bond acceptors (Lipinski definition) is 3. The first-order valence-corrected chi connectivity index (χ1v) is 9.21. The van der Waals surface area contributed by atoms with E-state index in [1.807, 2.05) is 42.4 Å². The van der Waals surface area contributed by atoms with Gasteiger partial charge in [0.15, 0.2) is 0 Å². The van der Waals surface area contributed by atoms with Crippen LogP contribution in [0.4, 0.5) is 0 Å². The molecule has 1 fully saturated rings. The summed E-state index contributed by atoms with van der Waals surface area (Å²) in [7, 11) is 1.99. The fourth-order valence-electron chi connectivity index (χ4n) is 3.15. The fraction of sp³-hybridized carbons (Fsp3) is 0.444. The van der Waals surface area contributed by atoms with E-state index >= 15 is 0 Å². The van der Waals surface area contributed by atoms with Gasteiger partial charge in [-0.05, 0) is 57.0 Å². The molecule has 1 amide bonds. The number of benzene rings is 1. The van der Waals surface area contributed by atoms with Crippen molar-refractivity contribution in [1.29, 1.82) is 0 Å². The Kier molecular flexibility index (Phi) is 7.47. The third-order valence-electron chi connectivity index (χ3n) is 4.61. The van der Waals surface area contributed by atoms with Crippen molar-refractivity contribution in [2.24, 2.45) is 5.92 Å².